The van der Waals surface area contributed by atoms with Crippen LogP contribution in [0.4, 0.5) is 0 Å². The zero-order chi connectivity index (χ0) is 13.6. The molecule has 0 aliphatic carbocycles. The molecule has 0 bridgehead atoms. The number of benzene rings is 1. The smallest absolute Gasteiger partial charge is 0.133 e. The van der Waals surface area contributed by atoms with E-state index < -0.39 is 0 Å². The summed E-state index contributed by atoms with van der Waals surface area (Å²) >= 11 is 3.50. The van der Waals surface area contributed by atoms with Gasteiger partial charge < -0.3 is 15.8 Å². The number of nitrogens with one attached hydrogen (secondary N) is 1. The van der Waals surface area contributed by atoms with Gasteiger partial charge in [-0.15, -0.1) is 0 Å². The van der Waals surface area contributed by atoms with Crippen molar-refractivity contribution in [1.29, 1.82) is 0 Å². The first-order valence-corrected chi connectivity index (χ1v) is 7.05. The average Bonchev–Trinajstić information content (AvgIpc) is 2.29. The van der Waals surface area contributed by atoms with Gasteiger partial charge in [-0.3, -0.25) is 0 Å². The molecule has 1 aromatic rings. The molecule has 0 radical (unpaired) electrons. The number of hydrogen-bond acceptors (Lipinski definition) is 3. The second kappa shape index (κ2) is 7.12. The number of halogens is 1. The summed E-state index contributed by atoms with van der Waals surface area (Å²) in [5, 5.41) is 3.53. The Morgan fingerprint density at radius 2 is 2.11 bits per heavy atom. The van der Waals surface area contributed by atoms with Gasteiger partial charge in [-0.05, 0) is 73.4 Å². The largest absolute Gasteiger partial charge is 0.496 e. The highest BCUT2D eigenvalue weighted by Gasteiger charge is 2.14. The lowest BCUT2D eigenvalue weighted by atomic mass is 10.0. The fraction of sp³-hybridized carbons (Fsp3) is 0.571. The Morgan fingerprint density at radius 1 is 1.39 bits per heavy atom. The first-order chi connectivity index (χ1) is 8.48. The van der Waals surface area contributed by atoms with Crippen molar-refractivity contribution in [3.05, 3.63) is 28.2 Å². The van der Waals surface area contributed by atoms with Crippen LogP contribution in [-0.4, -0.2) is 25.7 Å². The molecule has 3 nitrogen and oxygen atoms in total. The molecule has 0 saturated carbocycles. The Balaban J connectivity index is 2.47. The van der Waals surface area contributed by atoms with Crippen molar-refractivity contribution in [2.45, 2.75) is 32.2 Å². The first-order valence-electron chi connectivity index (χ1n) is 6.26. The number of methoxy groups -OCH3 is 1. The highest BCUT2D eigenvalue weighted by molar-refractivity contribution is 9.10. The van der Waals surface area contributed by atoms with E-state index in [1.807, 2.05) is 6.07 Å². The molecule has 1 aromatic carbocycles. The number of rotatable bonds is 7. The summed E-state index contributed by atoms with van der Waals surface area (Å²) in [4.78, 5) is 0. The van der Waals surface area contributed by atoms with E-state index in [9.17, 15) is 0 Å². The zero-order valence-corrected chi connectivity index (χ0v) is 13.0. The average molecular weight is 315 g/mol. The molecule has 0 aliphatic rings. The lowest BCUT2D eigenvalue weighted by Gasteiger charge is -2.25. The van der Waals surface area contributed by atoms with Gasteiger partial charge in [0.05, 0.1) is 11.6 Å². The van der Waals surface area contributed by atoms with Crippen molar-refractivity contribution in [2.75, 3.05) is 20.2 Å². The molecule has 0 atom stereocenters. The van der Waals surface area contributed by atoms with Crippen LogP contribution in [0.1, 0.15) is 25.8 Å². The SMILES string of the molecule is COc1ccc(CCNC(C)(C)CCN)cc1Br. The number of hydrogen-bond donors (Lipinski definition) is 2. The van der Waals surface area contributed by atoms with Crippen LogP contribution in [0.5, 0.6) is 5.75 Å². The Hall–Kier alpha value is -0.580. The summed E-state index contributed by atoms with van der Waals surface area (Å²) in [7, 11) is 1.68. The molecule has 0 spiro atoms. The quantitative estimate of drug-likeness (QED) is 0.813. The van der Waals surface area contributed by atoms with Crippen molar-refractivity contribution in [3.8, 4) is 5.75 Å². The molecule has 0 fully saturated rings. The molecule has 18 heavy (non-hydrogen) atoms. The van der Waals surface area contributed by atoms with Gasteiger partial charge in [0.2, 0.25) is 0 Å². The Labute approximate surface area is 118 Å². The summed E-state index contributed by atoms with van der Waals surface area (Å²) in [5.74, 6) is 0.871. The molecule has 3 N–H and O–H groups in total. The Kier molecular flexibility index (Phi) is 6.12. The summed E-state index contributed by atoms with van der Waals surface area (Å²) in [5.41, 5.74) is 6.99. The molecule has 1 rings (SSSR count). The van der Waals surface area contributed by atoms with Gasteiger partial charge in [-0.25, -0.2) is 0 Å². The predicted molar refractivity (Wildman–Crippen MR) is 80.2 cm³/mol. The lowest BCUT2D eigenvalue weighted by molar-refractivity contribution is 0.370. The topological polar surface area (TPSA) is 47.3 Å². The molecule has 0 unspecified atom stereocenters. The van der Waals surface area contributed by atoms with Crippen molar-refractivity contribution in [3.63, 3.8) is 0 Å². The monoisotopic (exact) mass is 314 g/mol. The van der Waals surface area contributed by atoms with Crippen LogP contribution in [0.15, 0.2) is 22.7 Å². The van der Waals surface area contributed by atoms with Crippen molar-refractivity contribution in [2.24, 2.45) is 5.73 Å². The fourth-order valence-corrected chi connectivity index (χ4v) is 2.45. The van der Waals surface area contributed by atoms with Crippen LogP contribution in [0.2, 0.25) is 0 Å². The molecule has 0 aliphatic heterocycles. The number of ether oxygens (including phenoxy) is 1. The van der Waals surface area contributed by atoms with E-state index >= 15 is 0 Å². The third-order valence-corrected chi connectivity index (χ3v) is 3.62. The van der Waals surface area contributed by atoms with Crippen molar-refractivity contribution >= 4 is 15.9 Å². The number of nitrogens with two attached hydrogens (primary N) is 1. The predicted octanol–water partition coefficient (Wildman–Crippen LogP) is 2.72. The van der Waals surface area contributed by atoms with Crippen LogP contribution in [0.25, 0.3) is 0 Å². The minimum absolute atomic E-state index is 0.110. The van der Waals surface area contributed by atoms with Crippen LogP contribution in [-0.2, 0) is 6.42 Å². The minimum atomic E-state index is 0.110. The van der Waals surface area contributed by atoms with Gasteiger partial charge in [0.1, 0.15) is 5.75 Å². The standard InChI is InChI=1S/C14H23BrN2O/c1-14(2,7-8-16)17-9-6-11-4-5-13(18-3)12(15)10-11/h4-5,10,17H,6-9,16H2,1-3H3. The maximum Gasteiger partial charge on any atom is 0.133 e. The molecule has 0 aromatic heterocycles. The van der Waals surface area contributed by atoms with Crippen LogP contribution in [0, 0.1) is 0 Å². The van der Waals surface area contributed by atoms with Gasteiger partial charge in [0.25, 0.3) is 0 Å². The zero-order valence-electron chi connectivity index (χ0n) is 11.4. The summed E-state index contributed by atoms with van der Waals surface area (Å²) in [6.45, 7) is 6.04. The fourth-order valence-electron chi connectivity index (χ4n) is 1.86. The third kappa shape index (κ3) is 4.96. The van der Waals surface area contributed by atoms with Gasteiger partial charge in [-0.1, -0.05) is 6.07 Å². The Morgan fingerprint density at radius 3 is 2.67 bits per heavy atom. The second-order valence-corrected chi connectivity index (χ2v) is 5.92. The van der Waals surface area contributed by atoms with Gasteiger partial charge in [0.15, 0.2) is 0 Å². The molecule has 0 amide bonds. The maximum atomic E-state index is 5.59. The van der Waals surface area contributed by atoms with E-state index in [1.54, 1.807) is 7.11 Å². The summed E-state index contributed by atoms with van der Waals surface area (Å²) < 4.78 is 6.22. The molecular formula is C14H23BrN2O. The Bertz CT molecular complexity index is 380. The second-order valence-electron chi connectivity index (χ2n) is 5.07. The van der Waals surface area contributed by atoms with Crippen molar-refractivity contribution in [1.82, 2.24) is 5.32 Å². The van der Waals surface area contributed by atoms with E-state index in [4.69, 9.17) is 10.5 Å². The van der Waals surface area contributed by atoms with E-state index in [0.717, 1.165) is 29.6 Å². The van der Waals surface area contributed by atoms with Crippen LogP contribution < -0.4 is 15.8 Å². The maximum absolute atomic E-state index is 5.59. The molecule has 0 saturated heterocycles. The first kappa shape index (κ1) is 15.5. The van der Waals surface area contributed by atoms with E-state index in [2.05, 4.69) is 47.2 Å². The lowest BCUT2D eigenvalue weighted by Crippen LogP contribution is -2.41. The van der Waals surface area contributed by atoms with Gasteiger partial charge in [0, 0.05) is 5.54 Å². The van der Waals surface area contributed by atoms with E-state index in [1.165, 1.54) is 5.56 Å². The summed E-state index contributed by atoms with van der Waals surface area (Å²) in [6, 6.07) is 6.20. The normalized spacial score (nSPS) is 11.6. The van der Waals surface area contributed by atoms with E-state index in [0.29, 0.717) is 6.54 Å². The highest BCUT2D eigenvalue weighted by atomic mass is 79.9. The molecule has 102 valence electrons. The van der Waals surface area contributed by atoms with Gasteiger partial charge >= 0.3 is 0 Å². The molecular weight excluding hydrogens is 292 g/mol. The van der Waals surface area contributed by atoms with E-state index in [-0.39, 0.29) is 5.54 Å². The van der Waals surface area contributed by atoms with Crippen molar-refractivity contribution < 1.29 is 4.74 Å². The third-order valence-electron chi connectivity index (χ3n) is 3.00. The molecule has 0 heterocycles. The van der Waals surface area contributed by atoms with Crippen LogP contribution >= 0.6 is 15.9 Å². The molecule has 4 heteroatoms. The summed E-state index contributed by atoms with van der Waals surface area (Å²) in [6.07, 6.45) is 1.98. The highest BCUT2D eigenvalue weighted by Crippen LogP contribution is 2.25. The van der Waals surface area contributed by atoms with Crippen LogP contribution in [0.3, 0.4) is 0 Å². The van der Waals surface area contributed by atoms with Gasteiger partial charge in [-0.2, -0.15) is 0 Å². The minimum Gasteiger partial charge on any atom is -0.496 e.